The normalized spacial score (nSPS) is 24.3. The molecule has 4 amide bonds. The van der Waals surface area contributed by atoms with Gasteiger partial charge in [0, 0.05) is 33.1 Å². The summed E-state index contributed by atoms with van der Waals surface area (Å²) in [5, 5.41) is 15.2. The fraction of sp³-hybridized carbons (Fsp3) is 0.789. The van der Waals surface area contributed by atoms with E-state index in [1.54, 1.807) is 16.8 Å². The summed E-state index contributed by atoms with van der Waals surface area (Å²) in [6.07, 6.45) is 0.701. The van der Waals surface area contributed by atoms with Crippen LogP contribution in [-0.4, -0.2) is 79.1 Å². The molecule has 0 spiro atoms. The minimum absolute atomic E-state index is 0.0641. The third-order valence-electron chi connectivity index (χ3n) is 5.06. The molecular formula is C19H31N5O4. The van der Waals surface area contributed by atoms with Crippen molar-refractivity contribution in [3.05, 3.63) is 0 Å². The molecule has 0 aromatic rings. The minimum Gasteiger partial charge on any atom is -0.378 e. The lowest BCUT2D eigenvalue weighted by atomic mass is 9.85. The molecule has 2 unspecified atom stereocenters. The van der Waals surface area contributed by atoms with Crippen LogP contribution in [0.2, 0.25) is 0 Å². The minimum atomic E-state index is -1.24. The summed E-state index contributed by atoms with van der Waals surface area (Å²) < 4.78 is 5.26. The Kier molecular flexibility index (Phi) is 6.88. The Morgan fingerprint density at radius 2 is 1.93 bits per heavy atom. The Morgan fingerprint density at radius 1 is 1.29 bits per heavy atom. The number of carbonyl (C=O) groups is 3. The summed E-state index contributed by atoms with van der Waals surface area (Å²) in [7, 11) is 1.68. The summed E-state index contributed by atoms with van der Waals surface area (Å²) in [4.78, 5) is 40.8. The molecule has 0 aromatic carbocycles. The van der Waals surface area contributed by atoms with Crippen molar-refractivity contribution in [1.29, 1.82) is 5.26 Å². The molecule has 0 bridgehead atoms. The lowest BCUT2D eigenvalue weighted by molar-refractivity contribution is -0.135. The van der Waals surface area contributed by atoms with Gasteiger partial charge in [-0.15, -0.1) is 0 Å². The molecule has 0 saturated carbocycles. The van der Waals surface area contributed by atoms with E-state index in [1.807, 2.05) is 20.8 Å². The summed E-state index contributed by atoms with van der Waals surface area (Å²) >= 11 is 0. The second kappa shape index (κ2) is 8.78. The van der Waals surface area contributed by atoms with Crippen LogP contribution in [0, 0.1) is 16.7 Å². The van der Waals surface area contributed by atoms with Crippen molar-refractivity contribution in [3.8, 4) is 6.07 Å². The van der Waals surface area contributed by atoms with Gasteiger partial charge in [-0.2, -0.15) is 5.26 Å². The summed E-state index contributed by atoms with van der Waals surface area (Å²) in [6, 6.07) is 0.997. The zero-order valence-electron chi connectivity index (χ0n) is 17.2. The average Bonchev–Trinajstić information content (AvgIpc) is 2.64. The van der Waals surface area contributed by atoms with E-state index < -0.39 is 17.5 Å². The van der Waals surface area contributed by atoms with Crippen LogP contribution in [-0.2, 0) is 14.3 Å². The number of likely N-dealkylation sites (tertiary alicyclic amines) is 1. The molecule has 0 aromatic heterocycles. The first-order valence-electron chi connectivity index (χ1n) is 9.66. The Morgan fingerprint density at radius 3 is 2.46 bits per heavy atom. The van der Waals surface area contributed by atoms with E-state index in [1.165, 1.54) is 0 Å². The number of nitrogens with zero attached hydrogens (tertiary/aromatic N) is 3. The van der Waals surface area contributed by atoms with Crippen molar-refractivity contribution in [2.24, 2.45) is 5.41 Å². The number of hydrogen-bond acceptors (Lipinski definition) is 5. The number of rotatable bonds is 4. The molecule has 0 aliphatic carbocycles. The van der Waals surface area contributed by atoms with Crippen molar-refractivity contribution < 1.29 is 19.1 Å². The van der Waals surface area contributed by atoms with Gasteiger partial charge in [0.25, 0.3) is 0 Å². The molecule has 2 N–H and O–H groups in total. The Labute approximate surface area is 166 Å². The van der Waals surface area contributed by atoms with Crippen LogP contribution in [0.25, 0.3) is 0 Å². The molecule has 2 saturated heterocycles. The maximum Gasteiger partial charge on any atom is 0.318 e. The second-order valence-electron chi connectivity index (χ2n) is 8.79. The molecular weight excluding hydrogens is 362 g/mol. The van der Waals surface area contributed by atoms with Crippen LogP contribution in [0.15, 0.2) is 0 Å². The number of amides is 4. The van der Waals surface area contributed by atoms with Gasteiger partial charge < -0.3 is 25.2 Å². The number of ether oxygens (including phenoxy) is 1. The van der Waals surface area contributed by atoms with Crippen molar-refractivity contribution in [2.45, 2.75) is 51.6 Å². The molecule has 9 nitrogen and oxygen atoms in total. The fourth-order valence-electron chi connectivity index (χ4n) is 3.35. The van der Waals surface area contributed by atoms with Gasteiger partial charge in [-0.1, -0.05) is 20.8 Å². The van der Waals surface area contributed by atoms with Gasteiger partial charge in [0.05, 0.1) is 25.7 Å². The quantitative estimate of drug-likeness (QED) is 0.720. The highest BCUT2D eigenvalue weighted by Gasteiger charge is 2.41. The van der Waals surface area contributed by atoms with Crippen LogP contribution < -0.4 is 10.6 Å². The molecule has 2 aliphatic heterocycles. The summed E-state index contributed by atoms with van der Waals surface area (Å²) in [5.74, 6) is -0.617. The largest absolute Gasteiger partial charge is 0.378 e. The number of nitriles is 1. The van der Waals surface area contributed by atoms with E-state index in [0.29, 0.717) is 45.7 Å². The Hall–Kier alpha value is -2.34. The van der Waals surface area contributed by atoms with Crippen molar-refractivity contribution >= 4 is 17.8 Å². The first kappa shape index (κ1) is 22.0. The smallest absolute Gasteiger partial charge is 0.318 e. The van der Waals surface area contributed by atoms with E-state index in [2.05, 4.69) is 16.7 Å². The number of nitrogens with one attached hydrogen (secondary N) is 2. The van der Waals surface area contributed by atoms with Crippen LogP contribution in [0.5, 0.6) is 0 Å². The highest BCUT2D eigenvalue weighted by Crippen LogP contribution is 2.25. The van der Waals surface area contributed by atoms with Crippen LogP contribution in [0.1, 0.15) is 40.0 Å². The van der Waals surface area contributed by atoms with Gasteiger partial charge in [-0.25, -0.2) is 4.79 Å². The molecule has 0 radical (unpaired) electrons. The molecule has 2 rings (SSSR count). The lowest BCUT2D eigenvalue weighted by Crippen LogP contribution is -2.61. The molecule has 28 heavy (non-hydrogen) atoms. The Bertz CT molecular complexity index is 648. The third kappa shape index (κ3) is 5.83. The van der Waals surface area contributed by atoms with E-state index in [-0.39, 0.29) is 23.8 Å². The highest BCUT2D eigenvalue weighted by molar-refractivity contribution is 5.89. The van der Waals surface area contributed by atoms with Gasteiger partial charge >= 0.3 is 6.03 Å². The average molecular weight is 393 g/mol. The second-order valence-corrected chi connectivity index (χ2v) is 8.79. The fourth-order valence-corrected chi connectivity index (χ4v) is 3.35. The van der Waals surface area contributed by atoms with Gasteiger partial charge in [-0.05, 0) is 11.8 Å². The zero-order chi connectivity index (χ0) is 20.9. The topological polar surface area (TPSA) is 115 Å². The number of carbonyl (C=O) groups excluding carboxylic acids is 3. The van der Waals surface area contributed by atoms with E-state index >= 15 is 0 Å². The Balaban J connectivity index is 2.11. The summed E-state index contributed by atoms with van der Waals surface area (Å²) in [6.45, 7) is 8.22. The molecule has 2 aliphatic rings. The molecule has 2 fully saturated rings. The van der Waals surface area contributed by atoms with E-state index in [0.717, 1.165) is 0 Å². The monoisotopic (exact) mass is 393 g/mol. The number of piperidine rings is 1. The van der Waals surface area contributed by atoms with Gasteiger partial charge in [0.1, 0.15) is 11.6 Å². The van der Waals surface area contributed by atoms with Gasteiger partial charge in [-0.3, -0.25) is 9.59 Å². The predicted octanol–water partition coefficient (Wildman–Crippen LogP) is 0.464. The van der Waals surface area contributed by atoms with Crippen molar-refractivity contribution in [2.75, 3.05) is 39.9 Å². The highest BCUT2D eigenvalue weighted by atomic mass is 16.5. The number of urea groups is 1. The van der Waals surface area contributed by atoms with Crippen molar-refractivity contribution in [3.63, 3.8) is 0 Å². The third-order valence-corrected chi connectivity index (χ3v) is 5.06. The van der Waals surface area contributed by atoms with Gasteiger partial charge in [0.2, 0.25) is 11.8 Å². The molecule has 9 heteroatoms. The van der Waals surface area contributed by atoms with Crippen molar-refractivity contribution in [1.82, 2.24) is 20.4 Å². The summed E-state index contributed by atoms with van der Waals surface area (Å²) in [5.41, 5.74) is -1.46. The zero-order valence-corrected chi connectivity index (χ0v) is 17.2. The maximum absolute atomic E-state index is 13.0. The maximum atomic E-state index is 13.0. The molecule has 2 heterocycles. The predicted molar refractivity (Wildman–Crippen MR) is 102 cm³/mol. The lowest BCUT2D eigenvalue weighted by Gasteiger charge is -2.37. The van der Waals surface area contributed by atoms with E-state index in [4.69, 9.17) is 4.74 Å². The molecule has 156 valence electrons. The number of hydrogen-bond donors (Lipinski definition) is 2. The first-order valence-corrected chi connectivity index (χ1v) is 9.66. The molecule has 2 atom stereocenters. The standard InChI is InChI=1S/C19H31N5O4/c1-18(2,3)11-14(21-17(27)24-7-9-28-10-8-24)16(26)22-19(13-20)5-6-23(4)15(25)12-19/h14H,5-12H2,1-4H3,(H,21,27)(H,22,26). The van der Waals surface area contributed by atoms with Crippen LogP contribution >= 0.6 is 0 Å². The van der Waals surface area contributed by atoms with Crippen LogP contribution in [0.4, 0.5) is 4.79 Å². The number of morpholine rings is 1. The van der Waals surface area contributed by atoms with Crippen LogP contribution in [0.3, 0.4) is 0 Å². The SMILES string of the molecule is CN1CCC(C#N)(NC(=O)C(CC(C)(C)C)NC(=O)N2CCOCC2)CC1=O. The first-order chi connectivity index (χ1) is 13.1. The van der Waals surface area contributed by atoms with Gasteiger partial charge in [0.15, 0.2) is 0 Å². The van der Waals surface area contributed by atoms with E-state index in [9.17, 15) is 19.6 Å².